The van der Waals surface area contributed by atoms with Gasteiger partial charge in [0.15, 0.2) is 0 Å². The number of ether oxygens (including phenoxy) is 1. The summed E-state index contributed by atoms with van der Waals surface area (Å²) in [7, 11) is 0. The summed E-state index contributed by atoms with van der Waals surface area (Å²) in [5.74, 6) is 0.174. The van der Waals surface area contributed by atoms with Crippen molar-refractivity contribution in [3.05, 3.63) is 48.7 Å². The van der Waals surface area contributed by atoms with Gasteiger partial charge in [-0.25, -0.2) is 4.79 Å². The number of rotatable bonds is 2. The van der Waals surface area contributed by atoms with Crippen LogP contribution in [0.15, 0.2) is 48.7 Å². The van der Waals surface area contributed by atoms with Gasteiger partial charge in [-0.1, -0.05) is 24.3 Å². The van der Waals surface area contributed by atoms with Crippen LogP contribution in [0.1, 0.15) is 40.0 Å². The van der Waals surface area contributed by atoms with E-state index < -0.39 is 5.60 Å². The average molecular weight is 447 g/mol. The highest BCUT2D eigenvalue weighted by molar-refractivity contribution is 6.00. The van der Waals surface area contributed by atoms with E-state index in [0.717, 1.165) is 34.1 Å². The van der Waals surface area contributed by atoms with Gasteiger partial charge in [-0.3, -0.25) is 9.89 Å². The Morgan fingerprint density at radius 1 is 1.03 bits per heavy atom. The number of hydrogen-bond donors (Lipinski definition) is 1. The summed E-state index contributed by atoms with van der Waals surface area (Å²) in [6.07, 6.45) is 3.70. The van der Waals surface area contributed by atoms with E-state index in [-0.39, 0.29) is 17.4 Å². The lowest BCUT2D eigenvalue weighted by Crippen LogP contribution is -2.48. The van der Waals surface area contributed by atoms with Crippen molar-refractivity contribution >= 4 is 28.6 Å². The molecular formula is C26H30N4O3. The van der Waals surface area contributed by atoms with Gasteiger partial charge < -0.3 is 14.5 Å². The monoisotopic (exact) mass is 446 g/mol. The summed E-state index contributed by atoms with van der Waals surface area (Å²) in [6.45, 7) is 7.42. The Bertz CT molecular complexity index is 1200. The molecule has 33 heavy (non-hydrogen) atoms. The second-order valence-electron chi connectivity index (χ2n) is 10.2. The van der Waals surface area contributed by atoms with E-state index in [1.54, 1.807) is 4.90 Å². The third-order valence-electron chi connectivity index (χ3n) is 6.82. The summed E-state index contributed by atoms with van der Waals surface area (Å²) >= 11 is 0. The number of fused-ring (bicyclic) bond motifs is 1. The van der Waals surface area contributed by atoms with Crippen molar-refractivity contribution in [3.63, 3.8) is 0 Å². The highest BCUT2D eigenvalue weighted by Gasteiger charge is 2.49. The smallest absolute Gasteiger partial charge is 0.410 e. The molecule has 0 saturated carbocycles. The third-order valence-corrected chi connectivity index (χ3v) is 6.82. The predicted molar refractivity (Wildman–Crippen MR) is 128 cm³/mol. The summed E-state index contributed by atoms with van der Waals surface area (Å²) in [5.41, 5.74) is 3.17. The molecule has 2 amide bonds. The number of amides is 2. The van der Waals surface area contributed by atoms with E-state index in [4.69, 9.17) is 4.74 Å². The highest BCUT2D eigenvalue weighted by atomic mass is 16.6. The van der Waals surface area contributed by atoms with Crippen LogP contribution in [-0.4, -0.2) is 52.3 Å². The average Bonchev–Trinajstić information content (AvgIpc) is 3.38. The number of carbonyl (C=O) groups is 2. The van der Waals surface area contributed by atoms with Gasteiger partial charge in [0.05, 0.1) is 17.1 Å². The van der Waals surface area contributed by atoms with Gasteiger partial charge in [0.25, 0.3) is 0 Å². The van der Waals surface area contributed by atoms with E-state index in [9.17, 15) is 9.59 Å². The summed E-state index contributed by atoms with van der Waals surface area (Å²) in [4.78, 5) is 29.6. The fourth-order valence-electron chi connectivity index (χ4n) is 4.94. The number of nitrogens with one attached hydrogen (secondary N) is 1. The van der Waals surface area contributed by atoms with Gasteiger partial charge in [0, 0.05) is 30.7 Å². The van der Waals surface area contributed by atoms with Crippen LogP contribution in [0.4, 0.5) is 10.5 Å². The number of H-pyrrole nitrogens is 1. The van der Waals surface area contributed by atoms with E-state index in [2.05, 4.69) is 40.5 Å². The Balaban J connectivity index is 1.31. The topological polar surface area (TPSA) is 78.5 Å². The van der Waals surface area contributed by atoms with E-state index in [1.807, 2.05) is 44.0 Å². The van der Waals surface area contributed by atoms with Crippen molar-refractivity contribution in [2.24, 2.45) is 5.41 Å². The third kappa shape index (κ3) is 4.08. The molecule has 0 aliphatic carbocycles. The van der Waals surface area contributed by atoms with Crippen LogP contribution in [0.5, 0.6) is 0 Å². The zero-order chi connectivity index (χ0) is 23.2. The molecule has 2 aliphatic rings. The van der Waals surface area contributed by atoms with Crippen LogP contribution in [-0.2, 0) is 9.53 Å². The highest BCUT2D eigenvalue weighted by Crippen LogP contribution is 2.43. The van der Waals surface area contributed by atoms with Crippen LogP contribution >= 0.6 is 0 Å². The Morgan fingerprint density at radius 3 is 2.52 bits per heavy atom. The molecule has 2 fully saturated rings. The summed E-state index contributed by atoms with van der Waals surface area (Å²) < 4.78 is 5.51. The number of aromatic nitrogens is 2. The number of benzene rings is 2. The molecule has 7 heteroatoms. The molecule has 1 spiro atoms. The van der Waals surface area contributed by atoms with Crippen LogP contribution in [0.3, 0.4) is 0 Å². The van der Waals surface area contributed by atoms with Crippen molar-refractivity contribution in [2.75, 3.05) is 24.5 Å². The zero-order valence-corrected chi connectivity index (χ0v) is 19.4. The largest absolute Gasteiger partial charge is 0.444 e. The van der Waals surface area contributed by atoms with Crippen LogP contribution in [0.25, 0.3) is 22.0 Å². The van der Waals surface area contributed by atoms with Gasteiger partial charge in [-0.15, -0.1) is 0 Å². The predicted octanol–water partition coefficient (Wildman–Crippen LogP) is 4.98. The number of piperidine rings is 1. The minimum Gasteiger partial charge on any atom is -0.444 e. The van der Waals surface area contributed by atoms with E-state index >= 15 is 0 Å². The normalized spacial score (nSPS) is 18.3. The number of anilines is 1. The lowest BCUT2D eigenvalue weighted by atomic mass is 9.77. The molecule has 3 aromatic rings. The quantitative estimate of drug-likeness (QED) is 0.602. The minimum atomic E-state index is -0.515. The molecule has 2 aromatic carbocycles. The molecular weight excluding hydrogens is 416 g/mol. The lowest BCUT2D eigenvalue weighted by Gasteiger charge is -2.38. The van der Waals surface area contributed by atoms with E-state index in [1.165, 1.54) is 0 Å². The van der Waals surface area contributed by atoms with Gasteiger partial charge in [0.1, 0.15) is 5.60 Å². The van der Waals surface area contributed by atoms with Crippen molar-refractivity contribution in [3.8, 4) is 11.1 Å². The Kier molecular flexibility index (Phi) is 5.15. The zero-order valence-electron chi connectivity index (χ0n) is 19.4. The Morgan fingerprint density at radius 2 is 1.76 bits per heavy atom. The molecule has 5 rings (SSSR count). The molecule has 2 aliphatic heterocycles. The second kappa shape index (κ2) is 7.90. The molecule has 1 aromatic heterocycles. The minimum absolute atomic E-state index is 0.174. The standard InChI is InChI=1S/C26H30N4O3/c1-25(2,3)33-24(32)29-12-9-26(10-13-29)11-14-30(23(26)31)21-6-4-5-18(15-21)19-7-8-20-17-27-28-22(20)16-19/h4-8,15-17H,9-14H2,1-3H3,(H,27,28). The first-order valence-electron chi connectivity index (χ1n) is 11.6. The molecule has 0 atom stereocenters. The molecule has 0 bridgehead atoms. The Labute approximate surface area is 193 Å². The van der Waals surface area contributed by atoms with Crippen LogP contribution in [0, 0.1) is 5.41 Å². The molecule has 172 valence electrons. The summed E-state index contributed by atoms with van der Waals surface area (Å²) in [5, 5.41) is 8.19. The van der Waals surface area contributed by atoms with Gasteiger partial charge in [-0.2, -0.15) is 5.10 Å². The number of hydrogen-bond acceptors (Lipinski definition) is 4. The number of aromatic amines is 1. The van der Waals surface area contributed by atoms with Gasteiger partial charge in [0.2, 0.25) is 5.91 Å². The first kappa shape index (κ1) is 21.5. The maximum Gasteiger partial charge on any atom is 0.410 e. The number of carbonyl (C=O) groups excluding carboxylic acids is 2. The van der Waals surface area contributed by atoms with E-state index in [0.29, 0.717) is 32.5 Å². The maximum absolute atomic E-state index is 13.6. The molecule has 1 N–H and O–H groups in total. The van der Waals surface area contributed by atoms with Gasteiger partial charge >= 0.3 is 6.09 Å². The van der Waals surface area contributed by atoms with Crippen molar-refractivity contribution < 1.29 is 14.3 Å². The van der Waals surface area contributed by atoms with Crippen LogP contribution in [0.2, 0.25) is 0 Å². The first-order chi connectivity index (χ1) is 15.7. The van der Waals surface area contributed by atoms with Crippen molar-refractivity contribution in [1.29, 1.82) is 0 Å². The SMILES string of the molecule is CC(C)(C)OC(=O)N1CCC2(CC1)CCN(c1cccc(-c3ccc4cn[nH]c4c3)c1)C2=O. The number of likely N-dealkylation sites (tertiary alicyclic amines) is 1. The van der Waals surface area contributed by atoms with Crippen molar-refractivity contribution in [1.82, 2.24) is 15.1 Å². The van der Waals surface area contributed by atoms with Gasteiger partial charge in [-0.05, 0) is 69.4 Å². The Hall–Kier alpha value is -3.35. The molecule has 7 nitrogen and oxygen atoms in total. The maximum atomic E-state index is 13.6. The molecule has 2 saturated heterocycles. The van der Waals surface area contributed by atoms with Crippen LogP contribution < -0.4 is 4.90 Å². The lowest BCUT2D eigenvalue weighted by molar-refractivity contribution is -0.128. The fourth-order valence-corrected chi connectivity index (χ4v) is 4.94. The fraction of sp³-hybridized carbons (Fsp3) is 0.423. The molecule has 0 unspecified atom stereocenters. The molecule has 0 radical (unpaired) electrons. The first-order valence-corrected chi connectivity index (χ1v) is 11.6. The number of nitrogens with zero attached hydrogens (tertiary/aromatic N) is 3. The second-order valence-corrected chi connectivity index (χ2v) is 10.2. The summed E-state index contributed by atoms with van der Waals surface area (Å²) in [6, 6.07) is 14.4. The van der Waals surface area contributed by atoms with Crippen molar-refractivity contribution in [2.45, 2.75) is 45.6 Å². The molecule has 3 heterocycles.